The Labute approximate surface area is 123 Å². The Kier molecular flexibility index (Phi) is 4.42. The molecule has 0 bridgehead atoms. The first-order valence-corrected chi connectivity index (χ1v) is 8.34. The van der Waals surface area contributed by atoms with Crippen molar-refractivity contribution in [2.75, 3.05) is 19.6 Å². The Morgan fingerprint density at radius 3 is 2.65 bits per heavy atom. The smallest absolute Gasteiger partial charge is 0.0309 e. The van der Waals surface area contributed by atoms with Crippen LogP contribution in [0.15, 0.2) is 30.3 Å². The highest BCUT2D eigenvalue weighted by atomic mass is 15.3. The first kappa shape index (κ1) is 14.1. The second-order valence-electron chi connectivity index (χ2n) is 6.68. The molecule has 0 aromatic heterocycles. The summed E-state index contributed by atoms with van der Waals surface area (Å²) in [6.45, 7) is 5.98. The molecule has 1 unspecified atom stereocenters. The number of hydrogen-bond acceptors (Lipinski definition) is 2. The summed E-state index contributed by atoms with van der Waals surface area (Å²) in [6.07, 6.45) is 8.04. The second-order valence-corrected chi connectivity index (χ2v) is 6.68. The summed E-state index contributed by atoms with van der Waals surface area (Å²) in [5, 5.41) is 3.91. The third-order valence-electron chi connectivity index (χ3n) is 5.12. The van der Waals surface area contributed by atoms with Gasteiger partial charge in [-0.1, -0.05) is 50.1 Å². The molecule has 2 heteroatoms. The summed E-state index contributed by atoms with van der Waals surface area (Å²) >= 11 is 0. The highest BCUT2D eigenvalue weighted by Gasteiger charge is 2.40. The van der Waals surface area contributed by atoms with E-state index in [-0.39, 0.29) is 0 Å². The lowest BCUT2D eigenvalue weighted by Gasteiger charge is -2.46. The number of benzene rings is 1. The van der Waals surface area contributed by atoms with Gasteiger partial charge in [0.2, 0.25) is 0 Å². The molecule has 1 atom stereocenters. The Hall–Kier alpha value is -0.860. The van der Waals surface area contributed by atoms with Gasteiger partial charge in [0.05, 0.1) is 0 Å². The summed E-state index contributed by atoms with van der Waals surface area (Å²) in [5.41, 5.74) is 1.92. The van der Waals surface area contributed by atoms with E-state index in [4.69, 9.17) is 0 Å². The first-order chi connectivity index (χ1) is 9.81. The minimum Gasteiger partial charge on any atom is -0.308 e. The van der Waals surface area contributed by atoms with Gasteiger partial charge >= 0.3 is 0 Å². The monoisotopic (exact) mass is 272 g/mol. The fraction of sp³-hybridized carbons (Fsp3) is 0.667. The lowest BCUT2D eigenvalue weighted by atomic mass is 9.90. The van der Waals surface area contributed by atoms with Gasteiger partial charge < -0.3 is 5.32 Å². The summed E-state index contributed by atoms with van der Waals surface area (Å²) in [4.78, 5) is 2.76. The third kappa shape index (κ3) is 3.07. The van der Waals surface area contributed by atoms with E-state index in [1.165, 1.54) is 57.2 Å². The van der Waals surface area contributed by atoms with Crippen LogP contribution >= 0.6 is 0 Å². The first-order valence-electron chi connectivity index (χ1n) is 8.34. The molecule has 2 fully saturated rings. The van der Waals surface area contributed by atoms with E-state index < -0.39 is 0 Å². The zero-order valence-corrected chi connectivity index (χ0v) is 12.8. The van der Waals surface area contributed by atoms with Gasteiger partial charge in [0.15, 0.2) is 0 Å². The molecule has 1 aromatic rings. The van der Waals surface area contributed by atoms with Crippen molar-refractivity contribution >= 4 is 0 Å². The zero-order valence-electron chi connectivity index (χ0n) is 12.8. The average molecular weight is 272 g/mol. The van der Waals surface area contributed by atoms with E-state index in [0.29, 0.717) is 11.6 Å². The van der Waals surface area contributed by atoms with Gasteiger partial charge in [-0.15, -0.1) is 0 Å². The molecular weight excluding hydrogens is 244 g/mol. The topological polar surface area (TPSA) is 15.3 Å². The van der Waals surface area contributed by atoms with E-state index in [1.54, 1.807) is 0 Å². The van der Waals surface area contributed by atoms with Crippen LogP contribution in [0.2, 0.25) is 0 Å². The number of nitrogens with zero attached hydrogens (tertiary/aromatic N) is 1. The van der Waals surface area contributed by atoms with Gasteiger partial charge in [0.1, 0.15) is 0 Å². The van der Waals surface area contributed by atoms with Crippen molar-refractivity contribution in [2.45, 2.75) is 57.0 Å². The molecule has 1 aliphatic heterocycles. The van der Waals surface area contributed by atoms with Crippen LogP contribution in [0.25, 0.3) is 0 Å². The molecule has 0 radical (unpaired) electrons. The average Bonchev–Trinajstić information content (AvgIpc) is 2.92. The highest BCUT2D eigenvalue weighted by Crippen LogP contribution is 2.33. The van der Waals surface area contributed by atoms with Crippen molar-refractivity contribution in [2.24, 2.45) is 0 Å². The molecule has 3 rings (SSSR count). The third-order valence-corrected chi connectivity index (χ3v) is 5.12. The Balaban J connectivity index is 1.67. The molecule has 1 N–H and O–H groups in total. The zero-order chi connectivity index (χ0) is 13.8. The minimum absolute atomic E-state index is 0.447. The van der Waals surface area contributed by atoms with E-state index >= 15 is 0 Å². The maximum atomic E-state index is 3.91. The van der Waals surface area contributed by atoms with Crippen LogP contribution in [0, 0.1) is 0 Å². The van der Waals surface area contributed by atoms with Crippen LogP contribution in [0.3, 0.4) is 0 Å². The lowest BCUT2D eigenvalue weighted by Crippen LogP contribution is -2.63. The van der Waals surface area contributed by atoms with Crippen molar-refractivity contribution < 1.29 is 0 Å². The summed E-state index contributed by atoms with van der Waals surface area (Å²) in [5.74, 6) is 0. The maximum Gasteiger partial charge on any atom is 0.0309 e. The molecule has 1 saturated carbocycles. The van der Waals surface area contributed by atoms with Crippen LogP contribution in [-0.4, -0.2) is 36.1 Å². The van der Waals surface area contributed by atoms with Crippen LogP contribution in [0.4, 0.5) is 0 Å². The number of rotatable bonds is 4. The lowest BCUT2D eigenvalue weighted by molar-refractivity contribution is 0.0805. The minimum atomic E-state index is 0.447. The van der Waals surface area contributed by atoms with Crippen LogP contribution < -0.4 is 5.32 Å². The van der Waals surface area contributed by atoms with Crippen molar-refractivity contribution in [1.82, 2.24) is 10.2 Å². The molecule has 110 valence electrons. The van der Waals surface area contributed by atoms with Crippen molar-refractivity contribution in [1.29, 1.82) is 0 Å². The predicted octanol–water partition coefficient (Wildman–Crippen LogP) is 3.23. The molecule has 1 aromatic carbocycles. The van der Waals surface area contributed by atoms with E-state index in [9.17, 15) is 0 Å². The summed E-state index contributed by atoms with van der Waals surface area (Å²) in [6, 6.07) is 11.6. The number of piperazine rings is 1. The van der Waals surface area contributed by atoms with Gasteiger partial charge in [0, 0.05) is 24.7 Å². The molecule has 2 nitrogen and oxygen atoms in total. The SMILES string of the molecule is CCCN1CC2(CCCC2)NCC1Cc1ccccc1. The van der Waals surface area contributed by atoms with Crippen molar-refractivity contribution in [3.8, 4) is 0 Å². The van der Waals surface area contributed by atoms with E-state index in [0.717, 1.165) is 6.54 Å². The molecule has 20 heavy (non-hydrogen) atoms. The summed E-state index contributed by atoms with van der Waals surface area (Å²) < 4.78 is 0. The fourth-order valence-electron chi connectivity index (χ4n) is 4.06. The van der Waals surface area contributed by atoms with E-state index in [2.05, 4.69) is 47.5 Å². The van der Waals surface area contributed by atoms with Gasteiger partial charge in [-0.2, -0.15) is 0 Å². The fourth-order valence-corrected chi connectivity index (χ4v) is 4.06. The van der Waals surface area contributed by atoms with Gasteiger partial charge in [-0.05, 0) is 37.8 Å². The number of nitrogens with one attached hydrogen (secondary N) is 1. The van der Waals surface area contributed by atoms with Gasteiger partial charge in [-0.3, -0.25) is 4.90 Å². The second kappa shape index (κ2) is 6.28. The normalized spacial score (nSPS) is 26.1. The molecule has 0 amide bonds. The largest absolute Gasteiger partial charge is 0.308 e. The molecular formula is C18H28N2. The van der Waals surface area contributed by atoms with Gasteiger partial charge in [0.25, 0.3) is 0 Å². The molecule has 1 heterocycles. The maximum absolute atomic E-state index is 3.91. The van der Waals surface area contributed by atoms with Crippen LogP contribution in [-0.2, 0) is 6.42 Å². The Morgan fingerprint density at radius 2 is 1.95 bits per heavy atom. The van der Waals surface area contributed by atoms with E-state index in [1.807, 2.05) is 0 Å². The highest BCUT2D eigenvalue weighted by molar-refractivity contribution is 5.17. The number of hydrogen-bond donors (Lipinski definition) is 1. The Morgan fingerprint density at radius 1 is 1.20 bits per heavy atom. The van der Waals surface area contributed by atoms with Crippen LogP contribution in [0.1, 0.15) is 44.6 Å². The standard InChI is InChI=1S/C18H28N2/c1-2-12-20-15-18(10-6-7-11-18)19-14-17(20)13-16-8-4-3-5-9-16/h3-5,8-9,17,19H,2,6-7,10-15H2,1H3. The van der Waals surface area contributed by atoms with Crippen molar-refractivity contribution in [3.05, 3.63) is 35.9 Å². The summed E-state index contributed by atoms with van der Waals surface area (Å²) in [7, 11) is 0. The Bertz CT molecular complexity index is 409. The molecule has 1 spiro atoms. The molecule has 1 saturated heterocycles. The van der Waals surface area contributed by atoms with Crippen LogP contribution in [0.5, 0.6) is 0 Å². The van der Waals surface area contributed by atoms with Gasteiger partial charge in [-0.25, -0.2) is 0 Å². The van der Waals surface area contributed by atoms with Crippen molar-refractivity contribution in [3.63, 3.8) is 0 Å². The molecule has 2 aliphatic rings. The predicted molar refractivity (Wildman–Crippen MR) is 85.0 cm³/mol. The quantitative estimate of drug-likeness (QED) is 0.905. The molecule has 1 aliphatic carbocycles.